The molecule has 0 amide bonds. The normalized spacial score (nSPS) is 11.0. The number of hydrogen-bond donors (Lipinski definition) is 1. The Morgan fingerprint density at radius 2 is 2.13 bits per heavy atom. The predicted octanol–water partition coefficient (Wildman–Crippen LogP) is 3.77. The smallest absolute Gasteiger partial charge is 0.166 e. The maximum atomic E-state index is 4.49. The molecule has 0 saturated carbocycles. The second kappa shape index (κ2) is 5.81. The van der Waals surface area contributed by atoms with Gasteiger partial charge in [0.2, 0.25) is 0 Å². The molecule has 5 nitrogen and oxygen atoms in total. The van der Waals surface area contributed by atoms with Gasteiger partial charge in [-0.25, -0.2) is 4.98 Å². The Morgan fingerprint density at radius 3 is 2.91 bits per heavy atom. The second-order valence-corrected chi connectivity index (χ2v) is 6.20. The first-order valence-corrected chi connectivity index (χ1v) is 8.21. The molecule has 0 spiro atoms. The highest BCUT2D eigenvalue weighted by Crippen LogP contribution is 2.30. The van der Waals surface area contributed by atoms with Crippen LogP contribution in [0.4, 0.5) is 5.82 Å². The lowest BCUT2D eigenvalue weighted by molar-refractivity contribution is 0.917. The van der Waals surface area contributed by atoms with Gasteiger partial charge in [0, 0.05) is 17.3 Å². The summed E-state index contributed by atoms with van der Waals surface area (Å²) in [7, 11) is 0. The Hall–Kier alpha value is -2.73. The van der Waals surface area contributed by atoms with E-state index in [9.17, 15) is 0 Å². The summed E-state index contributed by atoms with van der Waals surface area (Å²) >= 11 is 1.71. The summed E-state index contributed by atoms with van der Waals surface area (Å²) in [4.78, 5) is 10.0. The van der Waals surface area contributed by atoms with Gasteiger partial charge in [0.1, 0.15) is 5.82 Å². The Labute approximate surface area is 137 Å². The molecule has 0 bridgehead atoms. The molecule has 4 rings (SSSR count). The van der Waals surface area contributed by atoms with Crippen LogP contribution in [0.1, 0.15) is 11.3 Å². The highest BCUT2D eigenvalue weighted by Gasteiger charge is 2.11. The van der Waals surface area contributed by atoms with Crippen molar-refractivity contribution in [3.63, 3.8) is 0 Å². The first kappa shape index (κ1) is 13.9. The number of hydrogen-bond acceptors (Lipinski definition) is 5. The molecule has 1 N–H and O–H groups in total. The van der Waals surface area contributed by atoms with Gasteiger partial charge in [-0.05, 0) is 42.1 Å². The van der Waals surface area contributed by atoms with Gasteiger partial charge in [0.25, 0.3) is 0 Å². The highest BCUT2D eigenvalue weighted by atomic mass is 32.1. The van der Waals surface area contributed by atoms with Crippen molar-refractivity contribution in [1.82, 2.24) is 19.6 Å². The molecule has 23 heavy (non-hydrogen) atoms. The molecule has 0 aliphatic rings. The first-order valence-electron chi connectivity index (χ1n) is 7.33. The van der Waals surface area contributed by atoms with E-state index in [2.05, 4.69) is 38.8 Å². The van der Waals surface area contributed by atoms with Crippen LogP contribution in [0.25, 0.3) is 16.1 Å². The molecule has 6 heteroatoms. The molecule has 4 heterocycles. The average molecular weight is 321 g/mol. The topological polar surface area (TPSA) is 55.1 Å². The molecule has 0 radical (unpaired) electrons. The van der Waals surface area contributed by atoms with Crippen LogP contribution in [0.5, 0.6) is 0 Å². The quantitative estimate of drug-likeness (QED) is 0.621. The third kappa shape index (κ3) is 2.68. The van der Waals surface area contributed by atoms with Crippen LogP contribution in [-0.4, -0.2) is 19.6 Å². The van der Waals surface area contributed by atoms with Crippen LogP contribution in [0.15, 0.2) is 54.3 Å². The number of fused-ring (bicyclic) bond motifs is 1. The van der Waals surface area contributed by atoms with Crippen LogP contribution < -0.4 is 5.32 Å². The van der Waals surface area contributed by atoms with Crippen LogP contribution in [0.3, 0.4) is 0 Å². The molecule has 0 aliphatic heterocycles. The zero-order chi connectivity index (χ0) is 15.6. The minimum absolute atomic E-state index is 0.646. The van der Waals surface area contributed by atoms with Gasteiger partial charge in [-0.1, -0.05) is 6.07 Å². The van der Waals surface area contributed by atoms with Crippen molar-refractivity contribution in [3.8, 4) is 10.4 Å². The number of anilines is 1. The van der Waals surface area contributed by atoms with E-state index in [4.69, 9.17) is 0 Å². The maximum absolute atomic E-state index is 4.49. The highest BCUT2D eigenvalue weighted by molar-refractivity contribution is 7.13. The van der Waals surface area contributed by atoms with Crippen LogP contribution in [0, 0.1) is 6.92 Å². The van der Waals surface area contributed by atoms with Gasteiger partial charge < -0.3 is 5.32 Å². The molecule has 0 atom stereocenters. The zero-order valence-electron chi connectivity index (χ0n) is 12.6. The number of aryl methyl sites for hydroxylation is 1. The largest absolute Gasteiger partial charge is 0.364 e. The van der Waals surface area contributed by atoms with Crippen LogP contribution in [-0.2, 0) is 6.54 Å². The third-order valence-corrected chi connectivity index (χ3v) is 4.66. The summed E-state index contributed by atoms with van der Waals surface area (Å²) in [6.45, 7) is 2.74. The summed E-state index contributed by atoms with van der Waals surface area (Å²) in [5, 5.41) is 10.0. The summed E-state index contributed by atoms with van der Waals surface area (Å²) in [6.07, 6.45) is 5.48. The molecule has 114 valence electrons. The molecule has 0 aliphatic carbocycles. The molecular formula is C17H15N5S. The molecule has 0 saturated heterocycles. The van der Waals surface area contributed by atoms with Gasteiger partial charge in [0.05, 0.1) is 24.0 Å². The summed E-state index contributed by atoms with van der Waals surface area (Å²) in [6, 6.07) is 9.98. The van der Waals surface area contributed by atoms with E-state index in [-0.39, 0.29) is 0 Å². The van der Waals surface area contributed by atoms with E-state index in [1.54, 1.807) is 17.5 Å². The fourth-order valence-electron chi connectivity index (χ4n) is 2.46. The number of nitrogens with one attached hydrogen (secondary N) is 1. The molecule has 4 aromatic rings. The minimum atomic E-state index is 0.646. The van der Waals surface area contributed by atoms with Gasteiger partial charge >= 0.3 is 0 Å². The molecular weight excluding hydrogens is 306 g/mol. The van der Waals surface area contributed by atoms with Gasteiger partial charge in [-0.15, -0.1) is 11.3 Å². The Balaban J connectivity index is 1.67. The van der Waals surface area contributed by atoms with Crippen molar-refractivity contribution in [2.75, 3.05) is 5.32 Å². The predicted molar refractivity (Wildman–Crippen MR) is 92.6 cm³/mol. The third-order valence-electron chi connectivity index (χ3n) is 3.57. The SMILES string of the molecule is Cc1csc(-c2cnn3c(NCc4ccccn4)ccnc23)c1. The maximum Gasteiger partial charge on any atom is 0.166 e. The van der Waals surface area contributed by atoms with E-state index >= 15 is 0 Å². The zero-order valence-corrected chi connectivity index (χ0v) is 13.4. The van der Waals surface area contributed by atoms with Crippen molar-refractivity contribution in [1.29, 1.82) is 0 Å². The van der Waals surface area contributed by atoms with Crippen molar-refractivity contribution in [2.24, 2.45) is 0 Å². The van der Waals surface area contributed by atoms with Crippen molar-refractivity contribution < 1.29 is 0 Å². The Kier molecular flexibility index (Phi) is 3.51. The van der Waals surface area contributed by atoms with Crippen molar-refractivity contribution in [2.45, 2.75) is 13.5 Å². The molecule has 0 aromatic carbocycles. The Bertz CT molecular complexity index is 942. The number of pyridine rings is 1. The lowest BCUT2D eigenvalue weighted by atomic mass is 10.2. The standard InChI is InChI=1S/C17H15N5S/c1-12-8-15(23-11-12)14-10-21-22-16(5-7-19-17(14)22)20-9-13-4-2-3-6-18-13/h2-8,10-11,20H,9H2,1H3. The van der Waals surface area contributed by atoms with E-state index in [1.807, 2.05) is 41.2 Å². The number of thiophene rings is 1. The average Bonchev–Trinajstić information content (AvgIpc) is 3.20. The summed E-state index contributed by atoms with van der Waals surface area (Å²) in [5.74, 6) is 0.903. The second-order valence-electron chi connectivity index (χ2n) is 5.29. The molecule has 0 unspecified atom stereocenters. The van der Waals surface area contributed by atoms with Crippen LogP contribution in [0.2, 0.25) is 0 Å². The summed E-state index contributed by atoms with van der Waals surface area (Å²) in [5.41, 5.74) is 4.16. The first-order chi connectivity index (χ1) is 11.3. The van der Waals surface area contributed by atoms with E-state index in [0.717, 1.165) is 22.7 Å². The van der Waals surface area contributed by atoms with Gasteiger partial charge in [-0.2, -0.15) is 9.61 Å². The number of rotatable bonds is 4. The molecule has 4 aromatic heterocycles. The number of nitrogens with zero attached hydrogens (tertiary/aromatic N) is 4. The fraction of sp³-hybridized carbons (Fsp3) is 0.118. The summed E-state index contributed by atoms with van der Waals surface area (Å²) < 4.78 is 1.84. The van der Waals surface area contributed by atoms with Gasteiger partial charge in [0.15, 0.2) is 5.65 Å². The number of aromatic nitrogens is 4. The van der Waals surface area contributed by atoms with E-state index in [0.29, 0.717) is 6.54 Å². The van der Waals surface area contributed by atoms with Gasteiger partial charge in [-0.3, -0.25) is 4.98 Å². The van der Waals surface area contributed by atoms with E-state index in [1.165, 1.54) is 10.4 Å². The fourth-order valence-corrected chi connectivity index (χ4v) is 3.36. The molecule has 0 fully saturated rings. The van der Waals surface area contributed by atoms with Crippen LogP contribution >= 0.6 is 11.3 Å². The van der Waals surface area contributed by atoms with Crippen molar-refractivity contribution >= 4 is 22.8 Å². The monoisotopic (exact) mass is 321 g/mol. The van der Waals surface area contributed by atoms with Crippen molar-refractivity contribution in [3.05, 3.63) is 65.6 Å². The van der Waals surface area contributed by atoms with E-state index < -0.39 is 0 Å². The minimum Gasteiger partial charge on any atom is -0.364 e. The lowest BCUT2D eigenvalue weighted by Crippen LogP contribution is -2.06. The Morgan fingerprint density at radius 1 is 1.17 bits per heavy atom. The lowest BCUT2D eigenvalue weighted by Gasteiger charge is -2.07.